The number of rotatable bonds is 1. The van der Waals surface area contributed by atoms with Crippen molar-refractivity contribution in [3.05, 3.63) is 0 Å². The predicted octanol–water partition coefficient (Wildman–Crippen LogP) is -0.0323. The lowest BCUT2D eigenvalue weighted by atomic mass is 9.96. The Balaban J connectivity index is 1.90. The number of carbonyl (C=O) groups is 1. The monoisotopic (exact) mass is 212 g/mol. The van der Waals surface area contributed by atoms with Crippen molar-refractivity contribution >= 4 is 5.91 Å². The van der Waals surface area contributed by atoms with Gasteiger partial charge in [-0.3, -0.25) is 4.79 Å². The summed E-state index contributed by atoms with van der Waals surface area (Å²) in [6.45, 7) is 4.38. The molecule has 86 valence electrons. The van der Waals surface area contributed by atoms with E-state index >= 15 is 0 Å². The third-order valence-corrected chi connectivity index (χ3v) is 3.53. The number of piperidine rings is 1. The zero-order chi connectivity index (χ0) is 10.8. The SMILES string of the molecule is CC1CN(C(=O)[C@H]2CCCN2)CCC1O. The topological polar surface area (TPSA) is 52.6 Å². The Labute approximate surface area is 90.6 Å². The van der Waals surface area contributed by atoms with Crippen LogP contribution in [0.4, 0.5) is 0 Å². The first kappa shape index (κ1) is 10.9. The van der Waals surface area contributed by atoms with Crippen LogP contribution in [0.25, 0.3) is 0 Å². The summed E-state index contributed by atoms with van der Waals surface area (Å²) in [4.78, 5) is 13.9. The van der Waals surface area contributed by atoms with E-state index in [0.29, 0.717) is 13.1 Å². The zero-order valence-corrected chi connectivity index (χ0v) is 9.28. The van der Waals surface area contributed by atoms with Gasteiger partial charge in [0.2, 0.25) is 5.91 Å². The molecule has 0 aliphatic carbocycles. The lowest BCUT2D eigenvalue weighted by Gasteiger charge is -2.35. The van der Waals surface area contributed by atoms with E-state index in [2.05, 4.69) is 5.32 Å². The van der Waals surface area contributed by atoms with E-state index in [1.807, 2.05) is 11.8 Å². The van der Waals surface area contributed by atoms with Gasteiger partial charge in [-0.2, -0.15) is 0 Å². The lowest BCUT2D eigenvalue weighted by molar-refractivity contribution is -0.136. The first-order valence-corrected chi connectivity index (χ1v) is 5.88. The average molecular weight is 212 g/mol. The van der Waals surface area contributed by atoms with E-state index in [4.69, 9.17) is 0 Å². The van der Waals surface area contributed by atoms with E-state index < -0.39 is 0 Å². The molecule has 2 unspecified atom stereocenters. The summed E-state index contributed by atoms with van der Waals surface area (Å²) in [6.07, 6.45) is 2.56. The van der Waals surface area contributed by atoms with Crippen LogP contribution in [-0.4, -0.2) is 47.7 Å². The average Bonchev–Trinajstić information content (AvgIpc) is 2.74. The van der Waals surface area contributed by atoms with Gasteiger partial charge in [-0.15, -0.1) is 0 Å². The Morgan fingerprint density at radius 3 is 2.87 bits per heavy atom. The van der Waals surface area contributed by atoms with Crippen molar-refractivity contribution in [3.8, 4) is 0 Å². The molecule has 0 aromatic carbocycles. The van der Waals surface area contributed by atoms with Gasteiger partial charge in [-0.05, 0) is 31.7 Å². The smallest absolute Gasteiger partial charge is 0.239 e. The summed E-state index contributed by atoms with van der Waals surface area (Å²) in [5.41, 5.74) is 0. The van der Waals surface area contributed by atoms with Crippen LogP contribution in [0.15, 0.2) is 0 Å². The van der Waals surface area contributed by atoms with Crippen molar-refractivity contribution in [1.82, 2.24) is 10.2 Å². The molecule has 0 spiro atoms. The molecule has 2 rings (SSSR count). The molecule has 2 fully saturated rings. The van der Waals surface area contributed by atoms with E-state index in [0.717, 1.165) is 25.8 Å². The highest BCUT2D eigenvalue weighted by atomic mass is 16.3. The molecule has 3 atom stereocenters. The van der Waals surface area contributed by atoms with Gasteiger partial charge < -0.3 is 15.3 Å². The van der Waals surface area contributed by atoms with Gasteiger partial charge in [0.1, 0.15) is 0 Å². The molecular weight excluding hydrogens is 192 g/mol. The molecule has 15 heavy (non-hydrogen) atoms. The molecule has 4 heteroatoms. The second-order valence-corrected chi connectivity index (χ2v) is 4.77. The van der Waals surface area contributed by atoms with Crippen molar-refractivity contribution in [2.45, 2.75) is 38.3 Å². The van der Waals surface area contributed by atoms with Crippen LogP contribution < -0.4 is 5.32 Å². The van der Waals surface area contributed by atoms with E-state index in [1.165, 1.54) is 0 Å². The number of hydrogen-bond acceptors (Lipinski definition) is 3. The number of carbonyl (C=O) groups excluding carboxylic acids is 1. The van der Waals surface area contributed by atoms with Gasteiger partial charge in [0.05, 0.1) is 12.1 Å². The van der Waals surface area contributed by atoms with E-state index in [-0.39, 0.29) is 24.0 Å². The van der Waals surface area contributed by atoms with Crippen molar-refractivity contribution in [2.24, 2.45) is 5.92 Å². The summed E-state index contributed by atoms with van der Waals surface area (Å²) in [5, 5.41) is 12.8. The van der Waals surface area contributed by atoms with E-state index in [1.54, 1.807) is 0 Å². The highest BCUT2D eigenvalue weighted by Gasteiger charge is 2.32. The Bertz CT molecular complexity index is 239. The maximum Gasteiger partial charge on any atom is 0.239 e. The normalized spacial score (nSPS) is 36.9. The number of nitrogens with one attached hydrogen (secondary N) is 1. The molecule has 2 N–H and O–H groups in total. The molecule has 4 nitrogen and oxygen atoms in total. The lowest BCUT2D eigenvalue weighted by Crippen LogP contribution is -2.50. The zero-order valence-electron chi connectivity index (χ0n) is 9.28. The maximum atomic E-state index is 12.0. The van der Waals surface area contributed by atoms with Crippen molar-refractivity contribution in [3.63, 3.8) is 0 Å². The Morgan fingerprint density at radius 2 is 2.27 bits per heavy atom. The molecule has 0 radical (unpaired) electrons. The molecule has 0 aromatic heterocycles. The molecular formula is C11H20N2O2. The second-order valence-electron chi connectivity index (χ2n) is 4.77. The largest absolute Gasteiger partial charge is 0.393 e. The van der Waals surface area contributed by atoms with Gasteiger partial charge in [0, 0.05) is 13.1 Å². The summed E-state index contributed by atoms with van der Waals surface area (Å²) >= 11 is 0. The van der Waals surface area contributed by atoms with Crippen molar-refractivity contribution in [1.29, 1.82) is 0 Å². The standard InChI is InChI=1S/C11H20N2O2/c1-8-7-13(6-4-10(8)14)11(15)9-3-2-5-12-9/h8-10,12,14H,2-7H2,1H3/t8?,9-,10?/m1/s1. The van der Waals surface area contributed by atoms with Crippen LogP contribution in [0.5, 0.6) is 0 Å². The molecule has 2 heterocycles. The van der Waals surface area contributed by atoms with Crippen molar-refractivity contribution < 1.29 is 9.90 Å². The Morgan fingerprint density at radius 1 is 1.47 bits per heavy atom. The molecule has 0 aromatic rings. The quantitative estimate of drug-likeness (QED) is 0.641. The summed E-state index contributed by atoms with van der Waals surface area (Å²) in [5.74, 6) is 0.440. The van der Waals surface area contributed by atoms with Gasteiger partial charge in [-0.1, -0.05) is 6.92 Å². The van der Waals surface area contributed by atoms with Gasteiger partial charge in [0.25, 0.3) is 0 Å². The molecule has 2 aliphatic heterocycles. The molecule has 1 amide bonds. The molecule has 2 aliphatic rings. The third kappa shape index (κ3) is 2.32. The summed E-state index contributed by atoms with van der Waals surface area (Å²) in [6, 6.07) is 0.0347. The second kappa shape index (κ2) is 4.49. The van der Waals surface area contributed by atoms with Crippen molar-refractivity contribution in [2.75, 3.05) is 19.6 Å². The van der Waals surface area contributed by atoms with Gasteiger partial charge in [0.15, 0.2) is 0 Å². The van der Waals surface area contributed by atoms with Crippen LogP contribution in [0.3, 0.4) is 0 Å². The predicted molar refractivity (Wildman–Crippen MR) is 57.4 cm³/mol. The number of aliphatic hydroxyl groups is 1. The fourth-order valence-corrected chi connectivity index (χ4v) is 2.45. The van der Waals surface area contributed by atoms with E-state index in [9.17, 15) is 9.90 Å². The Hall–Kier alpha value is -0.610. The van der Waals surface area contributed by atoms with Crippen LogP contribution in [0.1, 0.15) is 26.2 Å². The number of hydrogen-bond donors (Lipinski definition) is 2. The van der Waals surface area contributed by atoms with Crippen LogP contribution in [0, 0.1) is 5.92 Å². The van der Waals surface area contributed by atoms with Gasteiger partial charge >= 0.3 is 0 Å². The number of amides is 1. The maximum absolute atomic E-state index is 12.0. The first-order chi connectivity index (χ1) is 7.18. The Kier molecular flexibility index (Phi) is 3.26. The first-order valence-electron chi connectivity index (χ1n) is 5.88. The number of nitrogens with zero attached hydrogens (tertiary/aromatic N) is 1. The van der Waals surface area contributed by atoms with Crippen LogP contribution in [-0.2, 0) is 4.79 Å². The minimum absolute atomic E-state index is 0.0347. The fraction of sp³-hybridized carbons (Fsp3) is 0.909. The summed E-state index contributed by atoms with van der Waals surface area (Å²) in [7, 11) is 0. The minimum atomic E-state index is -0.231. The highest BCUT2D eigenvalue weighted by molar-refractivity contribution is 5.82. The van der Waals surface area contributed by atoms with Gasteiger partial charge in [-0.25, -0.2) is 0 Å². The van der Waals surface area contributed by atoms with Crippen LogP contribution >= 0.6 is 0 Å². The molecule has 0 saturated carbocycles. The molecule has 0 bridgehead atoms. The fourth-order valence-electron chi connectivity index (χ4n) is 2.45. The summed E-state index contributed by atoms with van der Waals surface area (Å²) < 4.78 is 0. The minimum Gasteiger partial charge on any atom is -0.393 e. The number of aliphatic hydroxyl groups excluding tert-OH is 1. The number of likely N-dealkylation sites (tertiary alicyclic amines) is 1. The highest BCUT2D eigenvalue weighted by Crippen LogP contribution is 2.18. The van der Waals surface area contributed by atoms with Crippen LogP contribution in [0.2, 0.25) is 0 Å². The third-order valence-electron chi connectivity index (χ3n) is 3.53. The molecule has 2 saturated heterocycles.